The summed E-state index contributed by atoms with van der Waals surface area (Å²) in [7, 11) is 0. The Kier molecular flexibility index (Phi) is 9.52. The molecule has 1 heterocycles. The van der Waals surface area contributed by atoms with Gasteiger partial charge in [0.15, 0.2) is 0 Å². The van der Waals surface area contributed by atoms with E-state index in [1.807, 2.05) is 30.3 Å². The van der Waals surface area contributed by atoms with E-state index in [0.29, 0.717) is 0 Å². The molecule has 0 saturated carbocycles. The number of carbonyl (C=O) groups excluding carboxylic acids is 3. The fraction of sp³-hybridized carbons (Fsp3) is 0.476. The molecule has 0 aliphatic carbocycles. The minimum atomic E-state index is -0.936. The zero-order chi connectivity index (χ0) is 22.1. The van der Waals surface area contributed by atoms with Crippen molar-refractivity contribution < 1.29 is 38.1 Å². The molecule has 0 bridgehead atoms. The minimum absolute atomic E-state index is 0.130. The van der Waals surface area contributed by atoms with Gasteiger partial charge in [-0.2, -0.15) is 0 Å². The van der Waals surface area contributed by atoms with Crippen molar-refractivity contribution in [3.8, 4) is 0 Å². The molecule has 9 heteroatoms. The van der Waals surface area contributed by atoms with Gasteiger partial charge in [-0.15, -0.1) is 0 Å². The third-order valence-corrected chi connectivity index (χ3v) is 6.47. The molecule has 1 fully saturated rings. The summed E-state index contributed by atoms with van der Waals surface area (Å²) in [6.07, 6.45) is -1.81. The number of benzene rings is 1. The van der Waals surface area contributed by atoms with E-state index in [-0.39, 0.29) is 28.2 Å². The first-order chi connectivity index (χ1) is 14.3. The first-order valence-electron chi connectivity index (χ1n) is 9.39. The summed E-state index contributed by atoms with van der Waals surface area (Å²) in [6, 6.07) is 9.62. The SMILES string of the molecule is C=CCO[C@@H]1[C@@H](OC(C)=O)[C@H]([Se]c2ccccc2)O[C@H](COC(C)=O)[C@H]1OC(C)=O. The van der Waals surface area contributed by atoms with Gasteiger partial charge in [-0.25, -0.2) is 0 Å². The molecule has 5 atom stereocenters. The molecule has 0 aromatic heterocycles. The van der Waals surface area contributed by atoms with Crippen molar-refractivity contribution in [3.05, 3.63) is 43.0 Å². The van der Waals surface area contributed by atoms with Crippen molar-refractivity contribution in [2.24, 2.45) is 0 Å². The molecule has 0 N–H and O–H groups in total. The molecular formula is C21H26O8Se. The molecule has 8 nitrogen and oxygen atoms in total. The van der Waals surface area contributed by atoms with Crippen LogP contribution in [0.4, 0.5) is 0 Å². The summed E-state index contributed by atoms with van der Waals surface area (Å²) < 4.78 is 29.2. The van der Waals surface area contributed by atoms with Gasteiger partial charge >= 0.3 is 182 Å². The first-order valence-corrected chi connectivity index (χ1v) is 11.2. The van der Waals surface area contributed by atoms with Gasteiger partial charge in [-0.05, 0) is 0 Å². The van der Waals surface area contributed by atoms with Crippen LogP contribution in [0.5, 0.6) is 0 Å². The molecule has 1 aromatic carbocycles. The van der Waals surface area contributed by atoms with Crippen molar-refractivity contribution in [1.82, 2.24) is 0 Å². The topological polar surface area (TPSA) is 97.4 Å². The third kappa shape index (κ3) is 7.25. The van der Waals surface area contributed by atoms with Gasteiger partial charge in [-0.3, -0.25) is 0 Å². The molecule has 0 unspecified atom stereocenters. The second-order valence-corrected chi connectivity index (χ2v) is 8.97. The van der Waals surface area contributed by atoms with E-state index < -0.39 is 47.3 Å². The molecule has 1 saturated heterocycles. The van der Waals surface area contributed by atoms with Crippen LogP contribution < -0.4 is 4.46 Å². The van der Waals surface area contributed by atoms with E-state index in [2.05, 4.69) is 6.58 Å². The fourth-order valence-corrected chi connectivity index (χ4v) is 5.32. The van der Waals surface area contributed by atoms with Crippen LogP contribution in [0.3, 0.4) is 0 Å². The van der Waals surface area contributed by atoms with Crippen molar-refractivity contribution in [1.29, 1.82) is 0 Å². The Bertz CT molecular complexity index is 738. The van der Waals surface area contributed by atoms with Crippen LogP contribution in [0.1, 0.15) is 20.8 Å². The summed E-state index contributed by atoms with van der Waals surface area (Å²) >= 11 is -0.271. The number of hydrogen-bond donors (Lipinski definition) is 0. The zero-order valence-electron chi connectivity index (χ0n) is 17.1. The molecule has 0 radical (unpaired) electrons. The maximum atomic E-state index is 11.8. The normalized spacial score (nSPS) is 25.8. The van der Waals surface area contributed by atoms with Gasteiger partial charge in [-0.1, -0.05) is 0 Å². The Morgan fingerprint density at radius 2 is 1.63 bits per heavy atom. The van der Waals surface area contributed by atoms with Gasteiger partial charge in [0.25, 0.3) is 0 Å². The molecule has 164 valence electrons. The van der Waals surface area contributed by atoms with Crippen LogP contribution in [0, 0.1) is 0 Å². The van der Waals surface area contributed by atoms with Crippen LogP contribution in [0.2, 0.25) is 0 Å². The quantitative estimate of drug-likeness (QED) is 0.219. The van der Waals surface area contributed by atoms with Crippen LogP contribution >= 0.6 is 0 Å². The van der Waals surface area contributed by atoms with Gasteiger partial charge in [0.05, 0.1) is 0 Å². The van der Waals surface area contributed by atoms with Crippen molar-refractivity contribution in [2.75, 3.05) is 13.2 Å². The Morgan fingerprint density at radius 1 is 1.00 bits per heavy atom. The summed E-state index contributed by atoms with van der Waals surface area (Å²) in [5.41, 5.74) is 0. The molecule has 0 amide bonds. The summed E-state index contributed by atoms with van der Waals surface area (Å²) in [6.45, 7) is 7.49. The van der Waals surface area contributed by atoms with E-state index >= 15 is 0 Å². The second-order valence-electron chi connectivity index (χ2n) is 6.51. The zero-order valence-corrected chi connectivity index (χ0v) is 18.9. The summed E-state index contributed by atoms with van der Waals surface area (Å²) in [5.74, 6) is -1.56. The van der Waals surface area contributed by atoms with Gasteiger partial charge in [0.1, 0.15) is 0 Å². The molecule has 0 spiro atoms. The van der Waals surface area contributed by atoms with Crippen LogP contribution in [0.15, 0.2) is 43.0 Å². The maximum absolute atomic E-state index is 11.8. The molecule has 1 aromatic rings. The Morgan fingerprint density at radius 3 is 2.20 bits per heavy atom. The molecule has 1 aliphatic heterocycles. The third-order valence-electron chi connectivity index (χ3n) is 4.05. The monoisotopic (exact) mass is 486 g/mol. The summed E-state index contributed by atoms with van der Waals surface area (Å²) in [4.78, 5) is 34.9. The number of hydrogen-bond acceptors (Lipinski definition) is 8. The first kappa shape index (κ1) is 24.1. The number of carbonyl (C=O) groups is 3. The predicted molar refractivity (Wildman–Crippen MR) is 108 cm³/mol. The second kappa shape index (κ2) is 11.9. The number of esters is 3. The average Bonchev–Trinajstić information content (AvgIpc) is 2.68. The molecule has 30 heavy (non-hydrogen) atoms. The van der Waals surface area contributed by atoms with E-state index in [0.717, 1.165) is 4.46 Å². The van der Waals surface area contributed by atoms with Gasteiger partial charge in [0, 0.05) is 0 Å². The standard InChI is InChI=1S/C21H26O8Se/c1-5-11-25-19-18(27-14(3)23)17(12-26-13(2)22)29-21(20(19)28-15(4)24)30-16-9-7-6-8-10-16/h5-10,17-21H,1,11-12H2,2-4H3/t17-,18-,19+,20-,21+/m1/s1. The average molecular weight is 485 g/mol. The van der Waals surface area contributed by atoms with E-state index in [1.165, 1.54) is 20.8 Å². The van der Waals surface area contributed by atoms with Crippen molar-refractivity contribution in [3.63, 3.8) is 0 Å². The van der Waals surface area contributed by atoms with Crippen molar-refractivity contribution in [2.45, 2.75) is 50.2 Å². The Balaban J connectivity index is 2.39. The van der Waals surface area contributed by atoms with E-state index in [9.17, 15) is 14.4 Å². The van der Waals surface area contributed by atoms with Crippen molar-refractivity contribution >= 4 is 37.3 Å². The molecule has 1 aliphatic rings. The fourth-order valence-electron chi connectivity index (χ4n) is 2.96. The molecule has 2 rings (SSSR count). The number of rotatable bonds is 9. The Hall–Kier alpha value is -2.19. The summed E-state index contributed by atoms with van der Waals surface area (Å²) in [5, 5.41) is -0.550. The van der Waals surface area contributed by atoms with E-state index in [4.69, 9.17) is 23.7 Å². The van der Waals surface area contributed by atoms with E-state index in [1.54, 1.807) is 6.08 Å². The van der Waals surface area contributed by atoms with Crippen LogP contribution in [-0.4, -0.2) is 75.5 Å². The number of ether oxygens (including phenoxy) is 5. The molecular weight excluding hydrogens is 459 g/mol. The van der Waals surface area contributed by atoms with Crippen LogP contribution in [0.25, 0.3) is 0 Å². The predicted octanol–water partition coefficient (Wildman–Crippen LogP) is 0.739. The Labute approximate surface area is 182 Å². The van der Waals surface area contributed by atoms with Gasteiger partial charge in [0.2, 0.25) is 0 Å². The van der Waals surface area contributed by atoms with Crippen LogP contribution in [-0.2, 0) is 38.1 Å². The van der Waals surface area contributed by atoms with Gasteiger partial charge < -0.3 is 0 Å².